The van der Waals surface area contributed by atoms with Crippen LogP contribution in [0, 0.1) is 0 Å². The lowest BCUT2D eigenvalue weighted by atomic mass is 10.1. The average molecular weight is 470 g/mol. The van der Waals surface area contributed by atoms with Crippen molar-refractivity contribution in [3.8, 4) is 0 Å². The first kappa shape index (κ1) is 27.3. The Hall–Kier alpha value is -1.92. The second-order valence-electron chi connectivity index (χ2n) is 6.97. The Morgan fingerprint density at radius 2 is 0.879 bits per heavy atom. The predicted molar refractivity (Wildman–Crippen MR) is 119 cm³/mol. The number of carbonyl (C=O) groups excluding carboxylic acids is 2. The van der Waals surface area contributed by atoms with E-state index in [9.17, 15) is 9.59 Å². The molecule has 2 rings (SSSR count). The van der Waals surface area contributed by atoms with Gasteiger partial charge in [0, 0.05) is 7.11 Å². The van der Waals surface area contributed by atoms with Gasteiger partial charge in [-0.2, -0.15) is 0 Å². The van der Waals surface area contributed by atoms with Gasteiger partial charge in [-0.3, -0.25) is 14.5 Å². The number of hydrogen-bond acceptors (Lipinski definition) is 9. The van der Waals surface area contributed by atoms with Crippen molar-refractivity contribution in [3.63, 3.8) is 0 Å². The lowest BCUT2D eigenvalue weighted by molar-refractivity contribution is -0.0194. The average Bonchev–Trinajstić information content (AvgIpc) is 3.07. The van der Waals surface area contributed by atoms with Gasteiger partial charge in [0.2, 0.25) is 0 Å². The largest absolute Gasteiger partial charge is 0.382 e. The van der Waals surface area contributed by atoms with E-state index in [-0.39, 0.29) is 25.0 Å². The number of carbonyl (C=O) groups is 2. The van der Waals surface area contributed by atoms with Crippen LogP contribution in [0.5, 0.6) is 0 Å². The number of nitrogens with zero attached hydrogens (tertiary/aromatic N) is 1. The zero-order valence-corrected chi connectivity index (χ0v) is 19.3. The molecule has 0 N–H and O–H groups in total. The van der Waals surface area contributed by atoms with E-state index in [1.807, 2.05) is 0 Å². The third kappa shape index (κ3) is 10.7. The summed E-state index contributed by atoms with van der Waals surface area (Å²) in [5.41, 5.74) is 0.896. The van der Waals surface area contributed by atoms with Crippen LogP contribution in [0.3, 0.4) is 0 Å². The molecular weight excluding hydrogens is 434 g/mol. The number of hydrogen-bond donors (Lipinski definition) is 0. The lowest BCUT2D eigenvalue weighted by Crippen LogP contribution is -2.33. The number of amides is 2. The molecule has 0 unspecified atom stereocenters. The molecule has 2 amide bonds. The number of methoxy groups -OCH3 is 1. The molecule has 1 aromatic carbocycles. The van der Waals surface area contributed by atoms with Crippen molar-refractivity contribution in [1.29, 1.82) is 0 Å². The summed E-state index contributed by atoms with van der Waals surface area (Å²) in [6.07, 6.45) is 0. The molecule has 1 aliphatic rings. The van der Waals surface area contributed by atoms with E-state index in [1.54, 1.807) is 31.4 Å². The standard InChI is InChI=1S/C23H35NO9/c1-27-8-9-29-12-13-31-16-17-33-19-18-32-15-14-30-11-10-28-7-6-24-22(25)20-4-2-3-5-21(20)23(24)26/h2-5H,6-19H2,1H3. The molecule has 10 heteroatoms. The molecule has 33 heavy (non-hydrogen) atoms. The van der Waals surface area contributed by atoms with Gasteiger partial charge in [0.05, 0.1) is 104 Å². The minimum Gasteiger partial charge on any atom is -0.382 e. The van der Waals surface area contributed by atoms with E-state index in [1.165, 1.54) is 4.90 Å². The Kier molecular flexibility index (Phi) is 14.5. The van der Waals surface area contributed by atoms with Crippen molar-refractivity contribution in [2.45, 2.75) is 0 Å². The first-order chi connectivity index (χ1) is 16.3. The van der Waals surface area contributed by atoms with Crippen molar-refractivity contribution in [2.24, 2.45) is 0 Å². The molecule has 0 bridgehead atoms. The van der Waals surface area contributed by atoms with Crippen LogP contribution in [-0.4, -0.2) is 116 Å². The zero-order valence-electron chi connectivity index (χ0n) is 19.3. The quantitative estimate of drug-likeness (QED) is 0.193. The third-order valence-corrected chi connectivity index (χ3v) is 4.63. The molecule has 186 valence electrons. The SMILES string of the molecule is COCCOCCOCCOCCOCCOCCOCCN1C(=O)c2ccccc2C1=O. The van der Waals surface area contributed by atoms with Crippen LogP contribution < -0.4 is 0 Å². The highest BCUT2D eigenvalue weighted by atomic mass is 16.6. The number of fused-ring (bicyclic) bond motifs is 1. The minimum atomic E-state index is -0.271. The maximum absolute atomic E-state index is 12.2. The fourth-order valence-electron chi connectivity index (χ4n) is 2.94. The fourth-order valence-corrected chi connectivity index (χ4v) is 2.94. The number of ether oxygens (including phenoxy) is 7. The van der Waals surface area contributed by atoms with E-state index in [2.05, 4.69) is 0 Å². The molecule has 1 aromatic rings. The summed E-state index contributed by atoms with van der Waals surface area (Å²) in [5, 5.41) is 0. The Morgan fingerprint density at radius 1 is 0.545 bits per heavy atom. The molecular formula is C23H35NO9. The van der Waals surface area contributed by atoms with Crippen LogP contribution in [0.1, 0.15) is 20.7 Å². The van der Waals surface area contributed by atoms with E-state index >= 15 is 0 Å². The molecule has 1 aliphatic heterocycles. The van der Waals surface area contributed by atoms with Gasteiger partial charge in [0.15, 0.2) is 0 Å². The smallest absolute Gasteiger partial charge is 0.261 e. The number of benzene rings is 1. The number of imide groups is 1. The van der Waals surface area contributed by atoms with Crippen molar-refractivity contribution in [1.82, 2.24) is 4.90 Å². The fraction of sp³-hybridized carbons (Fsp3) is 0.652. The van der Waals surface area contributed by atoms with Crippen LogP contribution >= 0.6 is 0 Å². The highest BCUT2D eigenvalue weighted by molar-refractivity contribution is 6.21. The first-order valence-corrected chi connectivity index (χ1v) is 11.2. The minimum absolute atomic E-state index is 0.225. The van der Waals surface area contributed by atoms with Gasteiger partial charge in [-0.05, 0) is 12.1 Å². The zero-order chi connectivity index (χ0) is 23.6. The highest BCUT2D eigenvalue weighted by Gasteiger charge is 2.34. The van der Waals surface area contributed by atoms with Crippen LogP contribution in [0.15, 0.2) is 24.3 Å². The van der Waals surface area contributed by atoms with Gasteiger partial charge in [-0.1, -0.05) is 12.1 Å². The lowest BCUT2D eigenvalue weighted by Gasteiger charge is -2.13. The molecule has 0 saturated heterocycles. The highest BCUT2D eigenvalue weighted by Crippen LogP contribution is 2.21. The first-order valence-electron chi connectivity index (χ1n) is 11.2. The van der Waals surface area contributed by atoms with Crippen molar-refractivity contribution >= 4 is 11.8 Å². The Bertz CT molecular complexity index is 651. The summed E-state index contributed by atoms with van der Waals surface area (Å²) in [5.74, 6) is -0.542. The van der Waals surface area contributed by atoms with Gasteiger partial charge >= 0.3 is 0 Å². The summed E-state index contributed by atoms with van der Waals surface area (Å²) in [7, 11) is 1.64. The molecule has 10 nitrogen and oxygen atoms in total. The Morgan fingerprint density at radius 3 is 1.24 bits per heavy atom. The molecule has 0 fully saturated rings. The van der Waals surface area contributed by atoms with Crippen LogP contribution in [0.25, 0.3) is 0 Å². The van der Waals surface area contributed by atoms with Gasteiger partial charge < -0.3 is 33.2 Å². The van der Waals surface area contributed by atoms with E-state index < -0.39 is 0 Å². The summed E-state index contributed by atoms with van der Waals surface area (Å²) in [6, 6.07) is 6.82. The normalized spacial score (nSPS) is 13.2. The van der Waals surface area contributed by atoms with Gasteiger partial charge in [0.25, 0.3) is 11.8 Å². The topological polar surface area (TPSA) is 102 Å². The molecule has 0 aliphatic carbocycles. The van der Waals surface area contributed by atoms with E-state index in [0.717, 1.165) is 0 Å². The molecule has 0 atom stereocenters. The molecule has 0 aromatic heterocycles. The summed E-state index contributed by atoms with van der Waals surface area (Å²) >= 11 is 0. The van der Waals surface area contributed by atoms with Crippen molar-refractivity contribution in [3.05, 3.63) is 35.4 Å². The maximum Gasteiger partial charge on any atom is 0.261 e. The summed E-state index contributed by atoms with van der Waals surface area (Å²) < 4.78 is 37.2. The molecule has 0 saturated carbocycles. The molecule has 0 radical (unpaired) electrons. The summed E-state index contributed by atoms with van der Waals surface area (Å²) in [4.78, 5) is 25.7. The van der Waals surface area contributed by atoms with Crippen LogP contribution in [0.4, 0.5) is 0 Å². The second kappa shape index (κ2) is 17.5. The monoisotopic (exact) mass is 469 g/mol. The Balaban J connectivity index is 1.30. The van der Waals surface area contributed by atoms with Crippen LogP contribution in [-0.2, 0) is 33.2 Å². The predicted octanol–water partition coefficient (Wildman–Crippen LogP) is 1.03. The van der Waals surface area contributed by atoms with E-state index in [0.29, 0.717) is 90.4 Å². The third-order valence-electron chi connectivity index (χ3n) is 4.63. The Labute approximate surface area is 195 Å². The number of rotatable bonds is 21. The van der Waals surface area contributed by atoms with Gasteiger partial charge in [0.1, 0.15) is 0 Å². The molecule has 1 heterocycles. The van der Waals surface area contributed by atoms with Crippen LogP contribution in [0.2, 0.25) is 0 Å². The van der Waals surface area contributed by atoms with Gasteiger partial charge in [-0.15, -0.1) is 0 Å². The van der Waals surface area contributed by atoms with E-state index in [4.69, 9.17) is 33.2 Å². The van der Waals surface area contributed by atoms with Crippen molar-refractivity contribution < 1.29 is 42.7 Å². The van der Waals surface area contributed by atoms with Gasteiger partial charge in [-0.25, -0.2) is 0 Å². The molecule has 0 spiro atoms. The van der Waals surface area contributed by atoms with Crippen molar-refractivity contribution in [2.75, 3.05) is 99.5 Å². The maximum atomic E-state index is 12.2. The second-order valence-corrected chi connectivity index (χ2v) is 6.97. The summed E-state index contributed by atoms with van der Waals surface area (Å²) in [6.45, 7) is 6.45.